The van der Waals surface area contributed by atoms with Crippen LogP contribution in [-0.4, -0.2) is 59.5 Å². The van der Waals surface area contributed by atoms with E-state index >= 15 is 0 Å². The minimum atomic E-state index is -0.312. The van der Waals surface area contributed by atoms with Crippen molar-refractivity contribution < 1.29 is 14.3 Å². The van der Waals surface area contributed by atoms with E-state index in [1.165, 1.54) is 6.42 Å². The van der Waals surface area contributed by atoms with Crippen LogP contribution in [0, 0.1) is 0 Å². The fourth-order valence-electron chi connectivity index (χ4n) is 4.13. The number of hydrogen-bond donors (Lipinski definition) is 0. The largest absolute Gasteiger partial charge is 0.371 e. The van der Waals surface area contributed by atoms with E-state index in [0.717, 1.165) is 25.7 Å². The molecule has 5 heteroatoms. The SMILES string of the molecule is O=C(C1CCCN1C(=O)c1ccccc1)N1CCOC2(CCC2)C1. The lowest BCUT2D eigenvalue weighted by molar-refractivity contribution is -0.170. The highest BCUT2D eigenvalue weighted by molar-refractivity contribution is 5.98. The van der Waals surface area contributed by atoms with E-state index in [2.05, 4.69) is 0 Å². The number of amides is 2. The van der Waals surface area contributed by atoms with Crippen LogP contribution < -0.4 is 0 Å². The smallest absolute Gasteiger partial charge is 0.254 e. The summed E-state index contributed by atoms with van der Waals surface area (Å²) in [6.07, 6.45) is 4.94. The van der Waals surface area contributed by atoms with Gasteiger partial charge in [-0.2, -0.15) is 0 Å². The van der Waals surface area contributed by atoms with Gasteiger partial charge in [0.15, 0.2) is 0 Å². The molecule has 0 bridgehead atoms. The topological polar surface area (TPSA) is 49.9 Å². The molecule has 2 heterocycles. The molecule has 4 rings (SSSR count). The highest BCUT2D eigenvalue weighted by Gasteiger charge is 2.45. The molecule has 1 spiro atoms. The van der Waals surface area contributed by atoms with Gasteiger partial charge in [-0.3, -0.25) is 9.59 Å². The molecule has 1 atom stereocenters. The van der Waals surface area contributed by atoms with Crippen molar-refractivity contribution in [1.82, 2.24) is 9.80 Å². The number of rotatable bonds is 2. The molecule has 2 aliphatic heterocycles. The monoisotopic (exact) mass is 328 g/mol. The maximum atomic E-state index is 13.1. The molecule has 0 radical (unpaired) electrons. The van der Waals surface area contributed by atoms with Gasteiger partial charge in [0.2, 0.25) is 5.91 Å². The molecule has 1 aromatic carbocycles. The Hall–Kier alpha value is -1.88. The molecule has 0 N–H and O–H groups in total. The number of benzene rings is 1. The van der Waals surface area contributed by atoms with Gasteiger partial charge in [-0.05, 0) is 44.2 Å². The van der Waals surface area contributed by atoms with Gasteiger partial charge in [0.1, 0.15) is 6.04 Å². The summed E-state index contributed by atoms with van der Waals surface area (Å²) in [5.74, 6) is 0.0735. The molecule has 0 aromatic heterocycles. The van der Waals surface area contributed by atoms with Gasteiger partial charge >= 0.3 is 0 Å². The first-order valence-corrected chi connectivity index (χ1v) is 8.97. The molecule has 1 aromatic rings. The lowest BCUT2D eigenvalue weighted by atomic mass is 9.78. The third kappa shape index (κ3) is 2.71. The van der Waals surface area contributed by atoms with Crippen molar-refractivity contribution in [2.24, 2.45) is 0 Å². The molecule has 1 unspecified atom stereocenters. The van der Waals surface area contributed by atoms with E-state index in [9.17, 15) is 9.59 Å². The predicted octanol–water partition coefficient (Wildman–Crippen LogP) is 2.07. The first-order valence-electron chi connectivity index (χ1n) is 8.97. The average Bonchev–Trinajstić information content (AvgIpc) is 3.09. The van der Waals surface area contributed by atoms with Crippen molar-refractivity contribution in [3.8, 4) is 0 Å². The highest BCUT2D eigenvalue weighted by Crippen LogP contribution is 2.38. The Labute approximate surface area is 142 Å². The average molecular weight is 328 g/mol. The quantitative estimate of drug-likeness (QED) is 0.835. The van der Waals surface area contributed by atoms with Crippen molar-refractivity contribution in [3.05, 3.63) is 35.9 Å². The summed E-state index contributed by atoms with van der Waals surface area (Å²) in [4.78, 5) is 29.5. The summed E-state index contributed by atoms with van der Waals surface area (Å²) in [5.41, 5.74) is 0.565. The zero-order chi connectivity index (χ0) is 16.6. The van der Waals surface area contributed by atoms with Crippen LogP contribution >= 0.6 is 0 Å². The van der Waals surface area contributed by atoms with Crippen molar-refractivity contribution >= 4 is 11.8 Å². The van der Waals surface area contributed by atoms with Crippen LogP contribution in [0.3, 0.4) is 0 Å². The Kier molecular flexibility index (Phi) is 4.04. The zero-order valence-electron chi connectivity index (χ0n) is 13.9. The Morgan fingerprint density at radius 2 is 1.88 bits per heavy atom. The van der Waals surface area contributed by atoms with E-state index in [1.807, 2.05) is 35.2 Å². The summed E-state index contributed by atoms with van der Waals surface area (Å²) in [5, 5.41) is 0. The fraction of sp³-hybridized carbons (Fsp3) is 0.579. The second-order valence-electron chi connectivity index (χ2n) is 7.17. The predicted molar refractivity (Wildman–Crippen MR) is 89.6 cm³/mol. The van der Waals surface area contributed by atoms with Crippen molar-refractivity contribution in [2.45, 2.75) is 43.7 Å². The van der Waals surface area contributed by atoms with Crippen LogP contribution in [0.5, 0.6) is 0 Å². The molecule has 1 aliphatic carbocycles. The summed E-state index contributed by atoms with van der Waals surface area (Å²) in [7, 11) is 0. The minimum Gasteiger partial charge on any atom is -0.371 e. The normalized spacial score (nSPS) is 25.6. The minimum absolute atomic E-state index is 0.0296. The van der Waals surface area contributed by atoms with Gasteiger partial charge in [0.25, 0.3) is 5.91 Å². The van der Waals surface area contributed by atoms with Crippen molar-refractivity contribution in [2.75, 3.05) is 26.2 Å². The third-order valence-corrected chi connectivity index (χ3v) is 5.64. The summed E-state index contributed by atoms with van der Waals surface area (Å²) < 4.78 is 5.91. The molecule has 5 nitrogen and oxygen atoms in total. The molecular formula is C19H24N2O3. The second kappa shape index (κ2) is 6.20. The molecule has 2 amide bonds. The molecule has 2 saturated heterocycles. The van der Waals surface area contributed by atoms with Crippen molar-refractivity contribution in [1.29, 1.82) is 0 Å². The number of carbonyl (C=O) groups is 2. The van der Waals surface area contributed by atoms with E-state index in [-0.39, 0.29) is 23.5 Å². The standard InChI is InChI=1S/C19H24N2O3/c22-17(15-6-2-1-3-7-15)21-11-4-8-16(21)18(23)20-12-13-24-19(14-20)9-5-10-19/h1-3,6-7,16H,4-5,8-14H2. The molecular weight excluding hydrogens is 304 g/mol. The van der Waals surface area contributed by atoms with Gasteiger partial charge in [-0.15, -0.1) is 0 Å². The number of hydrogen-bond acceptors (Lipinski definition) is 3. The number of likely N-dealkylation sites (tertiary alicyclic amines) is 1. The first kappa shape index (κ1) is 15.6. The van der Waals surface area contributed by atoms with E-state index in [1.54, 1.807) is 4.90 Å². The lowest BCUT2D eigenvalue weighted by Gasteiger charge is -2.49. The number of ether oxygens (including phenoxy) is 1. The van der Waals surface area contributed by atoms with E-state index in [0.29, 0.717) is 31.8 Å². The maximum absolute atomic E-state index is 13.1. The van der Waals surface area contributed by atoms with Gasteiger partial charge in [0, 0.05) is 25.2 Å². The van der Waals surface area contributed by atoms with E-state index < -0.39 is 0 Å². The maximum Gasteiger partial charge on any atom is 0.254 e. The summed E-state index contributed by atoms with van der Waals surface area (Å²) in [6.45, 7) is 2.62. The second-order valence-corrected chi connectivity index (χ2v) is 7.17. The summed E-state index contributed by atoms with van der Waals surface area (Å²) in [6, 6.07) is 8.95. The van der Waals surface area contributed by atoms with E-state index in [4.69, 9.17) is 4.74 Å². The highest BCUT2D eigenvalue weighted by atomic mass is 16.5. The molecule has 128 valence electrons. The van der Waals surface area contributed by atoms with Gasteiger partial charge in [-0.25, -0.2) is 0 Å². The number of nitrogens with zero attached hydrogens (tertiary/aromatic N) is 2. The lowest BCUT2D eigenvalue weighted by Crippen LogP contribution is -2.59. The first-order chi connectivity index (χ1) is 11.7. The van der Waals surface area contributed by atoms with Crippen molar-refractivity contribution in [3.63, 3.8) is 0 Å². The molecule has 3 fully saturated rings. The molecule has 24 heavy (non-hydrogen) atoms. The molecule has 3 aliphatic rings. The summed E-state index contributed by atoms with van der Waals surface area (Å²) >= 11 is 0. The Morgan fingerprint density at radius 1 is 1.08 bits per heavy atom. The van der Waals surface area contributed by atoms with Gasteiger partial charge < -0.3 is 14.5 Å². The van der Waals surface area contributed by atoms with Gasteiger partial charge in [0.05, 0.1) is 12.2 Å². The Balaban J connectivity index is 1.48. The third-order valence-electron chi connectivity index (χ3n) is 5.64. The van der Waals surface area contributed by atoms with Crippen LogP contribution in [-0.2, 0) is 9.53 Å². The Morgan fingerprint density at radius 3 is 2.58 bits per heavy atom. The van der Waals surface area contributed by atoms with Gasteiger partial charge in [-0.1, -0.05) is 18.2 Å². The van der Waals surface area contributed by atoms with Crippen LogP contribution in [0.2, 0.25) is 0 Å². The number of morpholine rings is 1. The van der Waals surface area contributed by atoms with Crippen LogP contribution in [0.4, 0.5) is 0 Å². The number of carbonyl (C=O) groups excluding carboxylic acids is 2. The zero-order valence-corrected chi connectivity index (χ0v) is 13.9. The van der Waals surface area contributed by atoms with Crippen LogP contribution in [0.25, 0.3) is 0 Å². The van der Waals surface area contributed by atoms with Crippen LogP contribution in [0.15, 0.2) is 30.3 Å². The fourth-order valence-corrected chi connectivity index (χ4v) is 4.13. The van der Waals surface area contributed by atoms with Crippen LogP contribution in [0.1, 0.15) is 42.5 Å². The Bertz CT molecular complexity index is 627. The molecule has 1 saturated carbocycles.